The molecule has 2 aliphatic heterocycles. The summed E-state index contributed by atoms with van der Waals surface area (Å²) in [6.45, 7) is 0. The summed E-state index contributed by atoms with van der Waals surface area (Å²) in [5.41, 5.74) is 0.0174. The first-order valence-electron chi connectivity index (χ1n) is 3.97. The molecule has 1 saturated heterocycles. The first kappa shape index (κ1) is 8.10. The van der Waals surface area contributed by atoms with Crippen LogP contribution in [-0.2, 0) is 14.3 Å². The molecule has 5 heteroatoms. The molecular weight excluding hydrogens is 174 g/mol. The predicted molar refractivity (Wildman–Crippen MR) is 41.5 cm³/mol. The lowest BCUT2D eigenvalue weighted by Crippen LogP contribution is -2.49. The van der Waals surface area contributed by atoms with E-state index in [1.807, 2.05) is 0 Å². The molecule has 2 aliphatic rings. The molecule has 0 bridgehead atoms. The lowest BCUT2D eigenvalue weighted by Gasteiger charge is -2.34. The number of β-lactam (4-membered cyclic amide) rings is 1. The maximum Gasteiger partial charge on any atom is 0.356 e. The van der Waals surface area contributed by atoms with Crippen LogP contribution in [0.4, 0.5) is 0 Å². The summed E-state index contributed by atoms with van der Waals surface area (Å²) in [6.07, 6.45) is 0.966. The standard InChI is InChI=1S/C8H9NO4/c1-13-5-2-4-3-6(10)9(4)7(5)8(11)12/h4H,2-3H2,1H3,(H,11,12). The van der Waals surface area contributed by atoms with Crippen LogP contribution in [0.5, 0.6) is 0 Å². The third-order valence-electron chi connectivity index (χ3n) is 2.42. The van der Waals surface area contributed by atoms with Crippen LogP contribution in [0.3, 0.4) is 0 Å². The number of rotatable bonds is 2. The van der Waals surface area contributed by atoms with Gasteiger partial charge in [0.15, 0.2) is 5.70 Å². The average molecular weight is 183 g/mol. The fraction of sp³-hybridized carbons (Fsp3) is 0.500. The van der Waals surface area contributed by atoms with Gasteiger partial charge in [0.05, 0.1) is 13.2 Å². The van der Waals surface area contributed by atoms with Gasteiger partial charge < -0.3 is 9.84 Å². The summed E-state index contributed by atoms with van der Waals surface area (Å²) >= 11 is 0. The topological polar surface area (TPSA) is 66.8 Å². The van der Waals surface area contributed by atoms with Crippen molar-refractivity contribution in [1.29, 1.82) is 0 Å². The number of fused-ring (bicyclic) bond motifs is 1. The van der Waals surface area contributed by atoms with E-state index in [0.29, 0.717) is 18.6 Å². The molecule has 0 radical (unpaired) electrons. The summed E-state index contributed by atoms with van der Waals surface area (Å²) in [6, 6.07) is 0.0218. The average Bonchev–Trinajstić information content (AvgIpc) is 2.37. The highest BCUT2D eigenvalue weighted by molar-refractivity contribution is 5.97. The Labute approximate surface area is 74.6 Å². The van der Waals surface area contributed by atoms with Crippen LogP contribution in [-0.4, -0.2) is 35.0 Å². The highest BCUT2D eigenvalue weighted by Crippen LogP contribution is 2.38. The van der Waals surface area contributed by atoms with Crippen molar-refractivity contribution >= 4 is 11.9 Å². The normalized spacial score (nSPS) is 25.8. The first-order chi connectivity index (χ1) is 6.15. The van der Waals surface area contributed by atoms with E-state index >= 15 is 0 Å². The molecule has 0 aromatic heterocycles. The van der Waals surface area contributed by atoms with Gasteiger partial charge in [-0.15, -0.1) is 0 Å². The monoisotopic (exact) mass is 183 g/mol. The van der Waals surface area contributed by atoms with Gasteiger partial charge in [-0.3, -0.25) is 9.69 Å². The van der Waals surface area contributed by atoms with Gasteiger partial charge in [0.1, 0.15) is 5.76 Å². The van der Waals surface area contributed by atoms with Crippen molar-refractivity contribution < 1.29 is 19.4 Å². The number of carbonyl (C=O) groups excluding carboxylic acids is 1. The van der Waals surface area contributed by atoms with Gasteiger partial charge in [-0.2, -0.15) is 0 Å². The molecule has 5 nitrogen and oxygen atoms in total. The maximum absolute atomic E-state index is 11.1. The molecule has 0 spiro atoms. The number of amides is 1. The summed E-state index contributed by atoms with van der Waals surface area (Å²) in [5.74, 6) is -0.815. The van der Waals surface area contributed by atoms with Crippen molar-refractivity contribution in [3.63, 3.8) is 0 Å². The number of ether oxygens (including phenoxy) is 1. The molecule has 2 rings (SSSR count). The number of nitrogens with zero attached hydrogens (tertiary/aromatic N) is 1. The summed E-state index contributed by atoms with van der Waals surface area (Å²) in [5, 5.41) is 8.82. The molecule has 1 atom stereocenters. The quantitative estimate of drug-likeness (QED) is 0.609. The van der Waals surface area contributed by atoms with Crippen molar-refractivity contribution in [2.24, 2.45) is 0 Å². The van der Waals surface area contributed by atoms with Crippen molar-refractivity contribution in [1.82, 2.24) is 4.90 Å². The van der Waals surface area contributed by atoms with Gasteiger partial charge in [-0.25, -0.2) is 4.79 Å². The maximum atomic E-state index is 11.1. The van der Waals surface area contributed by atoms with E-state index in [-0.39, 0.29) is 17.6 Å². The van der Waals surface area contributed by atoms with Gasteiger partial charge >= 0.3 is 5.97 Å². The lowest BCUT2D eigenvalue weighted by molar-refractivity contribution is -0.147. The number of carboxylic acid groups (broad SMARTS) is 1. The molecule has 0 aliphatic carbocycles. The van der Waals surface area contributed by atoms with Crippen LogP contribution >= 0.6 is 0 Å². The van der Waals surface area contributed by atoms with Gasteiger partial charge in [-0.1, -0.05) is 0 Å². The van der Waals surface area contributed by atoms with Crippen LogP contribution < -0.4 is 0 Å². The fourth-order valence-corrected chi connectivity index (χ4v) is 1.80. The molecule has 1 amide bonds. The minimum atomic E-state index is -1.09. The second-order valence-corrected chi connectivity index (χ2v) is 3.11. The Balaban J connectivity index is 2.34. The number of hydrogen-bond donors (Lipinski definition) is 1. The van der Waals surface area contributed by atoms with Crippen LogP contribution in [0.1, 0.15) is 12.8 Å². The van der Waals surface area contributed by atoms with E-state index in [0.717, 1.165) is 0 Å². The van der Waals surface area contributed by atoms with Crippen molar-refractivity contribution in [2.75, 3.05) is 7.11 Å². The SMILES string of the molecule is COC1=C(C(=O)O)N2C(=O)CC2C1. The third-order valence-corrected chi connectivity index (χ3v) is 2.42. The Kier molecular flexibility index (Phi) is 1.55. The highest BCUT2D eigenvalue weighted by Gasteiger charge is 2.48. The van der Waals surface area contributed by atoms with E-state index in [1.54, 1.807) is 0 Å². The van der Waals surface area contributed by atoms with E-state index in [4.69, 9.17) is 9.84 Å². The van der Waals surface area contributed by atoms with Gasteiger partial charge in [0.25, 0.3) is 0 Å². The van der Waals surface area contributed by atoms with Crippen molar-refractivity contribution in [3.8, 4) is 0 Å². The molecule has 13 heavy (non-hydrogen) atoms. The van der Waals surface area contributed by atoms with Gasteiger partial charge in [0, 0.05) is 12.8 Å². The minimum Gasteiger partial charge on any atom is -0.499 e. The number of carbonyl (C=O) groups is 2. The Morgan fingerprint density at radius 2 is 2.31 bits per heavy atom. The zero-order chi connectivity index (χ0) is 9.59. The van der Waals surface area contributed by atoms with E-state index in [2.05, 4.69) is 0 Å². The zero-order valence-electron chi connectivity index (χ0n) is 7.11. The second-order valence-electron chi connectivity index (χ2n) is 3.11. The van der Waals surface area contributed by atoms with E-state index in [1.165, 1.54) is 12.0 Å². The van der Waals surface area contributed by atoms with Crippen LogP contribution in [0.15, 0.2) is 11.5 Å². The van der Waals surface area contributed by atoms with Gasteiger partial charge in [-0.05, 0) is 0 Å². The predicted octanol–water partition coefficient (Wildman–Crippen LogP) is -0.0664. The van der Waals surface area contributed by atoms with Crippen LogP contribution in [0.25, 0.3) is 0 Å². The molecule has 0 aromatic rings. The Bertz CT molecular complexity index is 320. The minimum absolute atomic E-state index is 0.0174. The van der Waals surface area contributed by atoms with Crippen molar-refractivity contribution in [2.45, 2.75) is 18.9 Å². The smallest absolute Gasteiger partial charge is 0.356 e. The third kappa shape index (κ3) is 0.929. The Morgan fingerprint density at radius 1 is 1.62 bits per heavy atom. The van der Waals surface area contributed by atoms with Crippen molar-refractivity contribution in [3.05, 3.63) is 11.5 Å². The molecule has 70 valence electrons. The second kappa shape index (κ2) is 2.48. The van der Waals surface area contributed by atoms with Gasteiger partial charge in [0.2, 0.25) is 5.91 Å². The number of hydrogen-bond acceptors (Lipinski definition) is 3. The lowest BCUT2D eigenvalue weighted by atomic mass is 10.0. The molecule has 2 heterocycles. The number of carboxylic acids is 1. The van der Waals surface area contributed by atoms with Crippen LogP contribution in [0, 0.1) is 0 Å². The zero-order valence-corrected chi connectivity index (χ0v) is 7.11. The molecule has 1 fully saturated rings. The molecule has 1 unspecified atom stereocenters. The Morgan fingerprint density at radius 3 is 2.77 bits per heavy atom. The molecule has 0 saturated carbocycles. The molecule has 1 N–H and O–H groups in total. The first-order valence-corrected chi connectivity index (χ1v) is 3.97. The summed E-state index contributed by atoms with van der Waals surface area (Å²) < 4.78 is 4.92. The van der Waals surface area contributed by atoms with E-state index in [9.17, 15) is 9.59 Å². The number of methoxy groups -OCH3 is 1. The fourth-order valence-electron chi connectivity index (χ4n) is 1.80. The molecular formula is C8H9NO4. The van der Waals surface area contributed by atoms with Crippen LogP contribution in [0.2, 0.25) is 0 Å². The van der Waals surface area contributed by atoms with E-state index < -0.39 is 5.97 Å². The summed E-state index contributed by atoms with van der Waals surface area (Å²) in [4.78, 5) is 23.1. The molecule has 0 aromatic carbocycles. The number of aliphatic carboxylic acids is 1. The summed E-state index contributed by atoms with van der Waals surface area (Å²) in [7, 11) is 1.43. The Hall–Kier alpha value is -1.52. The largest absolute Gasteiger partial charge is 0.499 e. The highest BCUT2D eigenvalue weighted by atomic mass is 16.5.